The lowest BCUT2D eigenvalue weighted by Gasteiger charge is -2.09. The number of esters is 1. The molecule has 0 aliphatic carbocycles. The Morgan fingerprint density at radius 1 is 1.14 bits per heavy atom. The quantitative estimate of drug-likeness (QED) is 0.880. The molecular weight excluding hydrogens is 286 g/mol. The molecule has 1 amide bonds. The zero-order valence-electron chi connectivity index (χ0n) is 12.2. The minimum absolute atomic E-state index is 0.288. The Morgan fingerprint density at radius 3 is 2.57 bits per heavy atom. The van der Waals surface area contributed by atoms with Crippen LogP contribution in [0.2, 0.25) is 0 Å². The fourth-order valence-corrected chi connectivity index (χ4v) is 2.65. The normalized spacial score (nSPS) is 10.2. The van der Waals surface area contributed by atoms with Gasteiger partial charge < -0.3 is 10.1 Å². The highest BCUT2D eigenvalue weighted by molar-refractivity contribution is 7.12. The van der Waals surface area contributed by atoms with Crippen molar-refractivity contribution in [2.24, 2.45) is 0 Å². The Morgan fingerprint density at radius 2 is 1.90 bits per heavy atom. The molecule has 0 unspecified atom stereocenters. The molecule has 0 fully saturated rings. The molecule has 0 aliphatic heterocycles. The summed E-state index contributed by atoms with van der Waals surface area (Å²) in [4.78, 5) is 24.2. The molecule has 110 valence electrons. The van der Waals surface area contributed by atoms with Crippen molar-refractivity contribution in [3.05, 3.63) is 51.2 Å². The number of carbonyl (C=O) groups excluding carboxylic acids is 2. The second kappa shape index (κ2) is 6.54. The summed E-state index contributed by atoms with van der Waals surface area (Å²) >= 11 is 1.31. The summed E-state index contributed by atoms with van der Waals surface area (Å²) in [5.41, 5.74) is 3.62. The van der Waals surface area contributed by atoms with E-state index < -0.39 is 5.97 Å². The number of amides is 1. The van der Waals surface area contributed by atoms with E-state index in [1.165, 1.54) is 11.3 Å². The third kappa shape index (κ3) is 3.92. The van der Waals surface area contributed by atoms with Gasteiger partial charge in [0.1, 0.15) is 4.88 Å². The predicted octanol–water partition coefficient (Wildman–Crippen LogP) is 3.47. The van der Waals surface area contributed by atoms with E-state index >= 15 is 0 Å². The minimum Gasteiger partial charge on any atom is -0.451 e. The Labute approximate surface area is 127 Å². The van der Waals surface area contributed by atoms with Gasteiger partial charge in [-0.25, -0.2) is 4.79 Å². The molecule has 2 aromatic rings. The predicted molar refractivity (Wildman–Crippen MR) is 83.9 cm³/mol. The number of thiophene rings is 1. The summed E-state index contributed by atoms with van der Waals surface area (Å²) in [7, 11) is 0. The van der Waals surface area contributed by atoms with Crippen molar-refractivity contribution in [1.29, 1.82) is 0 Å². The van der Waals surface area contributed by atoms with E-state index in [9.17, 15) is 9.59 Å². The summed E-state index contributed by atoms with van der Waals surface area (Å²) in [5.74, 6) is -0.801. The first-order valence-corrected chi connectivity index (χ1v) is 7.43. The van der Waals surface area contributed by atoms with Gasteiger partial charge >= 0.3 is 5.97 Å². The molecule has 21 heavy (non-hydrogen) atoms. The molecule has 1 aromatic carbocycles. The van der Waals surface area contributed by atoms with Crippen LogP contribution in [-0.4, -0.2) is 18.5 Å². The summed E-state index contributed by atoms with van der Waals surface area (Å²) in [6.45, 7) is 5.41. The molecule has 0 spiro atoms. The van der Waals surface area contributed by atoms with Crippen molar-refractivity contribution in [1.82, 2.24) is 0 Å². The Kier molecular flexibility index (Phi) is 4.75. The van der Waals surface area contributed by atoms with Gasteiger partial charge in [-0.3, -0.25) is 4.79 Å². The molecule has 1 heterocycles. The molecule has 4 nitrogen and oxygen atoms in total. The van der Waals surface area contributed by atoms with Crippen molar-refractivity contribution in [2.75, 3.05) is 11.9 Å². The lowest BCUT2D eigenvalue weighted by atomic mass is 10.1. The van der Waals surface area contributed by atoms with Crippen LogP contribution in [0.1, 0.15) is 26.4 Å². The van der Waals surface area contributed by atoms with Gasteiger partial charge in [-0.05, 0) is 55.0 Å². The third-order valence-corrected chi connectivity index (χ3v) is 4.05. The molecule has 0 saturated heterocycles. The Hall–Kier alpha value is -2.14. The zero-order chi connectivity index (χ0) is 15.4. The molecule has 2 rings (SSSR count). The maximum atomic E-state index is 11.9. The van der Waals surface area contributed by atoms with Crippen LogP contribution in [0.5, 0.6) is 0 Å². The van der Waals surface area contributed by atoms with Gasteiger partial charge in [0.2, 0.25) is 0 Å². The van der Waals surface area contributed by atoms with Crippen molar-refractivity contribution in [2.45, 2.75) is 20.8 Å². The number of carbonyl (C=O) groups is 2. The van der Waals surface area contributed by atoms with E-state index in [1.54, 1.807) is 0 Å². The van der Waals surface area contributed by atoms with Gasteiger partial charge in [0, 0.05) is 5.69 Å². The van der Waals surface area contributed by atoms with Crippen LogP contribution in [0, 0.1) is 20.8 Å². The van der Waals surface area contributed by atoms with Crippen LogP contribution in [0.15, 0.2) is 29.6 Å². The summed E-state index contributed by atoms with van der Waals surface area (Å²) in [6.07, 6.45) is 0. The maximum Gasteiger partial charge on any atom is 0.349 e. The highest BCUT2D eigenvalue weighted by Gasteiger charge is 2.14. The summed E-state index contributed by atoms with van der Waals surface area (Å²) in [6, 6.07) is 7.65. The number of ether oxygens (including phenoxy) is 1. The summed E-state index contributed by atoms with van der Waals surface area (Å²) in [5, 5.41) is 4.58. The lowest BCUT2D eigenvalue weighted by Crippen LogP contribution is -2.21. The number of aryl methyl sites for hydroxylation is 3. The van der Waals surface area contributed by atoms with Gasteiger partial charge in [0.25, 0.3) is 5.91 Å². The first-order chi connectivity index (χ1) is 9.97. The molecule has 0 saturated carbocycles. The highest BCUT2D eigenvalue weighted by Crippen LogP contribution is 2.18. The minimum atomic E-state index is -0.460. The van der Waals surface area contributed by atoms with E-state index in [-0.39, 0.29) is 12.5 Å². The number of rotatable bonds is 4. The van der Waals surface area contributed by atoms with E-state index in [0.29, 0.717) is 4.88 Å². The van der Waals surface area contributed by atoms with Crippen molar-refractivity contribution < 1.29 is 14.3 Å². The fraction of sp³-hybridized carbons (Fsp3) is 0.250. The van der Waals surface area contributed by atoms with Gasteiger partial charge in [-0.2, -0.15) is 0 Å². The van der Waals surface area contributed by atoms with Crippen LogP contribution in [0.25, 0.3) is 0 Å². The average Bonchev–Trinajstić information content (AvgIpc) is 2.86. The number of hydrogen-bond donors (Lipinski definition) is 1. The third-order valence-electron chi connectivity index (χ3n) is 3.05. The first-order valence-electron chi connectivity index (χ1n) is 6.55. The molecule has 1 aromatic heterocycles. The molecule has 0 atom stereocenters. The first kappa shape index (κ1) is 15.3. The van der Waals surface area contributed by atoms with E-state index in [2.05, 4.69) is 5.32 Å². The molecular formula is C16H17NO3S. The van der Waals surface area contributed by atoms with E-state index in [1.807, 2.05) is 50.4 Å². The van der Waals surface area contributed by atoms with Gasteiger partial charge in [0.15, 0.2) is 6.61 Å². The number of nitrogens with one attached hydrogen (secondary N) is 1. The molecule has 0 radical (unpaired) electrons. The maximum absolute atomic E-state index is 11.9. The highest BCUT2D eigenvalue weighted by atomic mass is 32.1. The standard InChI is InChI=1S/C16H17NO3S/c1-10-4-5-11(2)13(8-10)17-14(18)9-20-16(19)15-12(3)6-7-21-15/h4-8H,9H2,1-3H3,(H,17,18). The van der Waals surface area contributed by atoms with Crippen molar-refractivity contribution in [3.8, 4) is 0 Å². The van der Waals surface area contributed by atoms with Crippen LogP contribution in [0.4, 0.5) is 5.69 Å². The van der Waals surface area contributed by atoms with Gasteiger partial charge in [-0.15, -0.1) is 11.3 Å². The Bertz CT molecular complexity index is 676. The van der Waals surface area contributed by atoms with E-state index in [4.69, 9.17) is 4.74 Å². The van der Waals surface area contributed by atoms with Crippen LogP contribution < -0.4 is 5.32 Å². The van der Waals surface area contributed by atoms with Gasteiger partial charge in [0.05, 0.1) is 0 Å². The van der Waals surface area contributed by atoms with Crippen LogP contribution >= 0.6 is 11.3 Å². The largest absolute Gasteiger partial charge is 0.451 e. The van der Waals surface area contributed by atoms with Crippen molar-refractivity contribution in [3.63, 3.8) is 0 Å². The molecule has 5 heteroatoms. The smallest absolute Gasteiger partial charge is 0.349 e. The average molecular weight is 303 g/mol. The second-order valence-corrected chi connectivity index (χ2v) is 5.79. The van der Waals surface area contributed by atoms with Crippen LogP contribution in [-0.2, 0) is 9.53 Å². The molecule has 0 aliphatic rings. The van der Waals surface area contributed by atoms with Crippen molar-refractivity contribution >= 4 is 28.9 Å². The zero-order valence-corrected chi connectivity index (χ0v) is 13.0. The number of hydrogen-bond acceptors (Lipinski definition) is 4. The van der Waals surface area contributed by atoms with E-state index in [0.717, 1.165) is 22.4 Å². The number of anilines is 1. The van der Waals surface area contributed by atoms with Gasteiger partial charge in [-0.1, -0.05) is 12.1 Å². The monoisotopic (exact) mass is 303 g/mol. The SMILES string of the molecule is Cc1ccc(C)c(NC(=O)COC(=O)c2sccc2C)c1. The lowest BCUT2D eigenvalue weighted by molar-refractivity contribution is -0.119. The number of benzene rings is 1. The summed E-state index contributed by atoms with van der Waals surface area (Å²) < 4.78 is 5.03. The second-order valence-electron chi connectivity index (χ2n) is 4.88. The Balaban J connectivity index is 1.92. The molecule has 1 N–H and O–H groups in total. The topological polar surface area (TPSA) is 55.4 Å². The molecule has 0 bridgehead atoms. The fourth-order valence-electron chi connectivity index (χ4n) is 1.84. The van der Waals surface area contributed by atoms with Crippen LogP contribution in [0.3, 0.4) is 0 Å².